The molecule has 0 saturated heterocycles. The second-order valence-electron chi connectivity index (χ2n) is 4.23. The second kappa shape index (κ2) is 5.37. The molecule has 0 unspecified atom stereocenters. The van der Waals surface area contributed by atoms with Crippen LogP contribution in [0.2, 0.25) is 0 Å². The van der Waals surface area contributed by atoms with Crippen molar-refractivity contribution in [3.63, 3.8) is 0 Å². The molecule has 0 saturated carbocycles. The van der Waals surface area contributed by atoms with Crippen LogP contribution >= 0.6 is 0 Å². The van der Waals surface area contributed by atoms with Gasteiger partial charge in [-0.25, -0.2) is 13.4 Å². The van der Waals surface area contributed by atoms with E-state index in [0.717, 1.165) is 0 Å². The van der Waals surface area contributed by atoms with E-state index in [2.05, 4.69) is 19.9 Å². The molecule has 2 rings (SSSR count). The maximum absolute atomic E-state index is 12.2. The highest BCUT2D eigenvalue weighted by molar-refractivity contribution is 7.90. The highest BCUT2D eigenvalue weighted by Gasteiger charge is 2.19. The molecule has 0 radical (unpaired) electrons. The summed E-state index contributed by atoms with van der Waals surface area (Å²) < 4.78 is 24.4. The van der Waals surface area contributed by atoms with Gasteiger partial charge in [0.2, 0.25) is 21.7 Å². The maximum atomic E-state index is 12.2. The third-order valence-electron chi connectivity index (χ3n) is 2.36. The summed E-state index contributed by atoms with van der Waals surface area (Å²) in [6.07, 6.45) is 1.42. The lowest BCUT2D eigenvalue weighted by atomic mass is 10.5. The molecule has 0 aliphatic heterocycles. The zero-order valence-electron chi connectivity index (χ0n) is 11.1. The van der Waals surface area contributed by atoms with Gasteiger partial charge in [0.25, 0.3) is 0 Å². The quantitative estimate of drug-likeness (QED) is 0.830. The minimum Gasteiger partial charge on any atom is -0.368 e. The molecule has 0 amide bonds. The predicted octanol–water partition coefficient (Wildman–Crippen LogP) is -0.111. The summed E-state index contributed by atoms with van der Waals surface area (Å²) >= 11 is 0. The lowest BCUT2D eigenvalue weighted by Gasteiger charge is -2.11. The lowest BCUT2D eigenvalue weighted by Crippen LogP contribution is -2.18. The van der Waals surface area contributed by atoms with Crippen molar-refractivity contribution in [3.8, 4) is 0 Å². The van der Waals surface area contributed by atoms with E-state index in [1.165, 1.54) is 12.3 Å². The van der Waals surface area contributed by atoms with Gasteiger partial charge in [-0.05, 0) is 12.1 Å². The Labute approximate surface area is 116 Å². The van der Waals surface area contributed by atoms with Gasteiger partial charge in [-0.2, -0.15) is 15.0 Å². The summed E-state index contributed by atoms with van der Waals surface area (Å²) in [5, 5.41) is -0.0228. The van der Waals surface area contributed by atoms with Crippen LogP contribution in [0.15, 0.2) is 29.4 Å². The van der Waals surface area contributed by atoms with Gasteiger partial charge in [0.1, 0.15) is 5.75 Å². The molecule has 9 heteroatoms. The van der Waals surface area contributed by atoms with Crippen molar-refractivity contribution in [2.24, 2.45) is 0 Å². The SMILES string of the molecule is CN(C)c1nc(N)nc(CS(=O)(=O)c2ccccn2)n1. The van der Waals surface area contributed by atoms with Crippen LogP contribution in [-0.4, -0.2) is 42.4 Å². The molecule has 2 N–H and O–H groups in total. The highest BCUT2D eigenvalue weighted by Crippen LogP contribution is 2.13. The Bertz CT molecular complexity index is 702. The molecule has 0 bridgehead atoms. The first-order valence-electron chi connectivity index (χ1n) is 5.70. The standard InChI is InChI=1S/C11H14N6O2S/c1-17(2)11-15-8(14-10(12)16-11)7-20(18,19)9-5-3-4-6-13-9/h3-6H,7H2,1-2H3,(H2,12,14,15,16). The van der Waals surface area contributed by atoms with Crippen LogP contribution in [0.25, 0.3) is 0 Å². The van der Waals surface area contributed by atoms with Crippen molar-refractivity contribution >= 4 is 21.7 Å². The smallest absolute Gasteiger partial charge is 0.229 e. The maximum Gasteiger partial charge on any atom is 0.229 e. The molecule has 0 aliphatic carbocycles. The van der Waals surface area contributed by atoms with Crippen LogP contribution in [0.1, 0.15) is 5.82 Å². The molecule has 106 valence electrons. The van der Waals surface area contributed by atoms with Crippen LogP contribution in [0.4, 0.5) is 11.9 Å². The van der Waals surface area contributed by atoms with E-state index in [1.54, 1.807) is 31.1 Å². The molecule has 0 aromatic carbocycles. The number of nitrogen functional groups attached to an aromatic ring is 1. The molecule has 0 aliphatic rings. The van der Waals surface area contributed by atoms with Crippen LogP contribution in [0.3, 0.4) is 0 Å². The number of pyridine rings is 1. The van der Waals surface area contributed by atoms with Gasteiger partial charge in [0.05, 0.1) is 0 Å². The van der Waals surface area contributed by atoms with Crippen molar-refractivity contribution in [1.82, 2.24) is 19.9 Å². The Balaban J connectivity index is 2.35. The van der Waals surface area contributed by atoms with Crippen molar-refractivity contribution in [2.75, 3.05) is 24.7 Å². The Morgan fingerprint density at radius 1 is 1.20 bits per heavy atom. The van der Waals surface area contributed by atoms with E-state index in [4.69, 9.17) is 5.73 Å². The molecule has 0 fully saturated rings. The van der Waals surface area contributed by atoms with Crippen LogP contribution in [0, 0.1) is 0 Å². The molecule has 2 aromatic rings. The third kappa shape index (κ3) is 3.18. The molecular weight excluding hydrogens is 280 g/mol. The first kappa shape index (κ1) is 14.1. The number of nitrogens with two attached hydrogens (primary N) is 1. The van der Waals surface area contributed by atoms with Crippen LogP contribution in [-0.2, 0) is 15.6 Å². The zero-order valence-corrected chi connectivity index (χ0v) is 11.9. The van der Waals surface area contributed by atoms with E-state index >= 15 is 0 Å². The number of aromatic nitrogens is 4. The van der Waals surface area contributed by atoms with E-state index in [-0.39, 0.29) is 22.6 Å². The van der Waals surface area contributed by atoms with Crippen molar-refractivity contribution in [3.05, 3.63) is 30.2 Å². The molecule has 2 aromatic heterocycles. The predicted molar refractivity (Wildman–Crippen MR) is 73.7 cm³/mol. The molecule has 0 spiro atoms. The Morgan fingerprint density at radius 2 is 1.95 bits per heavy atom. The highest BCUT2D eigenvalue weighted by atomic mass is 32.2. The number of anilines is 2. The molecule has 2 heterocycles. The monoisotopic (exact) mass is 294 g/mol. The van der Waals surface area contributed by atoms with Gasteiger partial charge in [-0.1, -0.05) is 6.07 Å². The van der Waals surface area contributed by atoms with E-state index in [0.29, 0.717) is 5.95 Å². The van der Waals surface area contributed by atoms with Gasteiger partial charge in [0.15, 0.2) is 10.9 Å². The van der Waals surface area contributed by atoms with Gasteiger partial charge >= 0.3 is 0 Å². The molecule has 20 heavy (non-hydrogen) atoms. The van der Waals surface area contributed by atoms with Crippen molar-refractivity contribution < 1.29 is 8.42 Å². The average Bonchev–Trinajstić information content (AvgIpc) is 2.38. The lowest BCUT2D eigenvalue weighted by molar-refractivity contribution is 0.590. The Kier molecular flexibility index (Phi) is 3.79. The van der Waals surface area contributed by atoms with Crippen molar-refractivity contribution in [2.45, 2.75) is 10.8 Å². The topological polar surface area (TPSA) is 115 Å². The van der Waals surface area contributed by atoms with Crippen LogP contribution in [0.5, 0.6) is 0 Å². The summed E-state index contributed by atoms with van der Waals surface area (Å²) in [4.78, 5) is 17.3. The fraction of sp³-hybridized carbons (Fsp3) is 0.273. The van der Waals surface area contributed by atoms with Crippen LogP contribution < -0.4 is 10.6 Å². The normalized spacial score (nSPS) is 11.3. The fourth-order valence-corrected chi connectivity index (χ4v) is 2.59. The van der Waals surface area contributed by atoms with E-state index < -0.39 is 9.84 Å². The number of nitrogens with zero attached hydrogens (tertiary/aromatic N) is 5. The first-order valence-corrected chi connectivity index (χ1v) is 7.35. The molecule has 8 nitrogen and oxygen atoms in total. The third-order valence-corrected chi connectivity index (χ3v) is 3.88. The molecular formula is C11H14N6O2S. The van der Waals surface area contributed by atoms with Gasteiger partial charge in [-0.3, -0.25) is 0 Å². The summed E-state index contributed by atoms with van der Waals surface area (Å²) in [6.45, 7) is 0. The Hall–Kier alpha value is -2.29. The number of hydrogen-bond donors (Lipinski definition) is 1. The zero-order chi connectivity index (χ0) is 14.8. The first-order chi connectivity index (χ1) is 9.38. The fourth-order valence-electron chi connectivity index (χ4n) is 1.46. The molecule has 0 atom stereocenters. The summed E-state index contributed by atoms with van der Waals surface area (Å²) in [7, 11) is -0.155. The minimum absolute atomic E-state index is 0.0186. The van der Waals surface area contributed by atoms with E-state index in [9.17, 15) is 8.42 Å². The summed E-state index contributed by atoms with van der Waals surface area (Å²) in [6, 6.07) is 4.67. The number of rotatable bonds is 4. The largest absolute Gasteiger partial charge is 0.368 e. The summed E-state index contributed by atoms with van der Waals surface area (Å²) in [5.74, 6) is 0.00268. The Morgan fingerprint density at radius 3 is 2.55 bits per heavy atom. The van der Waals surface area contributed by atoms with E-state index in [1.807, 2.05) is 0 Å². The number of hydrogen-bond acceptors (Lipinski definition) is 8. The average molecular weight is 294 g/mol. The minimum atomic E-state index is -3.61. The van der Waals surface area contributed by atoms with Gasteiger partial charge in [0, 0.05) is 20.3 Å². The van der Waals surface area contributed by atoms with Gasteiger partial charge < -0.3 is 10.6 Å². The van der Waals surface area contributed by atoms with Crippen molar-refractivity contribution in [1.29, 1.82) is 0 Å². The number of sulfone groups is 1. The summed E-state index contributed by atoms with van der Waals surface area (Å²) in [5.41, 5.74) is 5.56. The second-order valence-corrected chi connectivity index (χ2v) is 6.17. The van der Waals surface area contributed by atoms with Gasteiger partial charge in [-0.15, -0.1) is 0 Å².